The Morgan fingerprint density at radius 1 is 0.519 bits per heavy atom. The Labute approximate surface area is 323 Å². The molecule has 0 bridgehead atoms. The summed E-state index contributed by atoms with van der Waals surface area (Å²) in [5.41, 5.74) is 0. The van der Waals surface area contributed by atoms with E-state index in [1.807, 2.05) is 0 Å². The fraction of sp³-hybridized carbons (Fsp3) is 0.872. The second kappa shape index (κ2) is 38.6. The number of hydrogen-bond acceptors (Lipinski definition) is 11. The number of rotatable bonds is 41. The molecule has 0 aliphatic heterocycles. The number of hydrogen-bond donors (Lipinski definition) is 5. The molecule has 0 aromatic heterocycles. The Kier molecular flexibility index (Phi) is 36.7. The second-order valence-corrected chi connectivity index (χ2v) is 13.6. The third-order valence-corrected chi connectivity index (χ3v) is 8.58. The van der Waals surface area contributed by atoms with Crippen LogP contribution in [0.1, 0.15) is 135 Å². The summed E-state index contributed by atoms with van der Waals surface area (Å²) in [5, 5.41) is 27.1. The first-order valence-corrected chi connectivity index (χ1v) is 20.2. The van der Waals surface area contributed by atoms with E-state index in [9.17, 15) is 29.1 Å². The lowest BCUT2D eigenvalue weighted by atomic mass is 10.0. The molecule has 0 aromatic carbocycles. The van der Waals surface area contributed by atoms with Gasteiger partial charge in [0.2, 0.25) is 17.7 Å². The average Bonchev–Trinajstić information content (AvgIpc) is 3.14. The molecule has 0 aliphatic carbocycles. The van der Waals surface area contributed by atoms with Gasteiger partial charge in [-0.2, -0.15) is 0 Å². The highest BCUT2D eigenvalue weighted by Crippen LogP contribution is 2.14. The van der Waals surface area contributed by atoms with Crippen molar-refractivity contribution in [3.8, 4) is 0 Å². The summed E-state index contributed by atoms with van der Waals surface area (Å²) in [6.07, 6.45) is 18.1. The highest BCUT2D eigenvalue weighted by atomic mass is 16.6. The number of aliphatic hydroxyl groups is 1. The Morgan fingerprint density at radius 3 is 1.41 bits per heavy atom. The van der Waals surface area contributed by atoms with Crippen molar-refractivity contribution < 1.29 is 57.9 Å². The third kappa shape index (κ3) is 37.6. The van der Waals surface area contributed by atoms with E-state index in [0.29, 0.717) is 39.2 Å². The third-order valence-electron chi connectivity index (χ3n) is 8.58. The van der Waals surface area contributed by atoms with Crippen LogP contribution in [-0.4, -0.2) is 125 Å². The topological polar surface area (TPSA) is 208 Å². The van der Waals surface area contributed by atoms with Crippen molar-refractivity contribution in [1.82, 2.24) is 16.0 Å². The van der Waals surface area contributed by atoms with Crippen LogP contribution in [-0.2, 0) is 47.7 Å². The second-order valence-electron chi connectivity index (χ2n) is 13.6. The van der Waals surface area contributed by atoms with E-state index in [0.717, 1.165) is 38.5 Å². The minimum atomic E-state index is -1.22. The Balaban J connectivity index is 3.73. The number of amides is 3. The monoisotopic (exact) mass is 776 g/mol. The molecule has 15 nitrogen and oxygen atoms in total. The molecule has 0 fully saturated rings. The number of carboxylic acids is 1. The number of Topliss-reactive ketones (excluding diaryl/α,β-unsaturated/α-hetero) is 1. The predicted molar refractivity (Wildman–Crippen MR) is 205 cm³/mol. The van der Waals surface area contributed by atoms with Crippen LogP contribution in [0.3, 0.4) is 0 Å². The van der Waals surface area contributed by atoms with Gasteiger partial charge in [-0.05, 0) is 26.2 Å². The number of carboxylic acid groups (broad SMARTS) is 1. The van der Waals surface area contributed by atoms with Gasteiger partial charge in [0.15, 0.2) is 12.1 Å². The zero-order valence-corrected chi connectivity index (χ0v) is 33.3. The lowest BCUT2D eigenvalue weighted by Gasteiger charge is -2.23. The summed E-state index contributed by atoms with van der Waals surface area (Å²) in [6.45, 7) is 3.70. The largest absolute Gasteiger partial charge is 0.481 e. The van der Waals surface area contributed by atoms with Crippen molar-refractivity contribution in [2.75, 3.05) is 73.1 Å². The molecule has 0 spiro atoms. The van der Waals surface area contributed by atoms with Crippen molar-refractivity contribution in [2.45, 2.75) is 148 Å². The molecule has 2 atom stereocenters. The quantitative estimate of drug-likeness (QED) is 0.0437. The predicted octanol–water partition coefficient (Wildman–Crippen LogP) is 4.21. The van der Waals surface area contributed by atoms with Crippen molar-refractivity contribution in [3.05, 3.63) is 0 Å². The zero-order valence-electron chi connectivity index (χ0n) is 33.3. The van der Waals surface area contributed by atoms with Crippen molar-refractivity contribution in [2.24, 2.45) is 0 Å². The number of carbonyl (C=O) groups is 5. The first-order valence-electron chi connectivity index (χ1n) is 20.2. The van der Waals surface area contributed by atoms with Crippen molar-refractivity contribution >= 4 is 29.5 Å². The van der Waals surface area contributed by atoms with Crippen LogP contribution in [0.4, 0.5) is 0 Å². The molecule has 316 valence electrons. The van der Waals surface area contributed by atoms with Crippen LogP contribution in [0.25, 0.3) is 0 Å². The van der Waals surface area contributed by atoms with E-state index < -0.39 is 18.3 Å². The van der Waals surface area contributed by atoms with E-state index in [1.54, 1.807) is 0 Å². The summed E-state index contributed by atoms with van der Waals surface area (Å²) in [4.78, 5) is 57.8. The summed E-state index contributed by atoms with van der Waals surface area (Å²) in [5.74, 6) is -1.42. The van der Waals surface area contributed by atoms with Gasteiger partial charge in [0.25, 0.3) is 0 Å². The van der Waals surface area contributed by atoms with Gasteiger partial charge in [-0.25, -0.2) is 0 Å². The number of ketones is 1. The van der Waals surface area contributed by atoms with E-state index in [2.05, 4.69) is 16.0 Å². The fourth-order valence-electron chi connectivity index (χ4n) is 5.54. The van der Waals surface area contributed by atoms with Gasteiger partial charge in [-0.1, -0.05) is 89.9 Å². The first kappa shape index (κ1) is 51.3. The molecule has 15 heteroatoms. The molecular weight excluding hydrogens is 702 g/mol. The molecule has 1 unspecified atom stereocenters. The fourth-order valence-corrected chi connectivity index (χ4v) is 5.54. The molecule has 0 aromatic rings. The lowest BCUT2D eigenvalue weighted by molar-refractivity contribution is -0.137. The van der Waals surface area contributed by atoms with Crippen LogP contribution in [0.5, 0.6) is 0 Å². The van der Waals surface area contributed by atoms with Gasteiger partial charge in [0.05, 0.1) is 45.7 Å². The van der Waals surface area contributed by atoms with Gasteiger partial charge in [-0.15, -0.1) is 0 Å². The number of aliphatic hydroxyl groups excluding tert-OH is 1. The standard InChI is InChI=1S/C39H73N3O12/c1-33(43)31-53-29-27-52-26-24-41-37(46)32-54-30-28-51-25-23-40-35(44)22-21-34(39(49)50-2)42-36(45)19-17-15-13-11-9-7-5-3-4-6-8-10-12-14-16-18-20-38(47)48/h34,39,49H,3-32H2,1-2H3,(H,40,44)(H,41,46)(H,42,45)(H,47,48)/t34-,39?/m0/s1. The summed E-state index contributed by atoms with van der Waals surface area (Å²) in [6, 6.07) is -0.694. The minimum absolute atomic E-state index is 0.0479. The molecule has 0 heterocycles. The maximum atomic E-state index is 12.5. The van der Waals surface area contributed by atoms with Crippen LogP contribution in [0.15, 0.2) is 0 Å². The van der Waals surface area contributed by atoms with Crippen LogP contribution >= 0.6 is 0 Å². The van der Waals surface area contributed by atoms with Crippen LogP contribution in [0.2, 0.25) is 0 Å². The van der Waals surface area contributed by atoms with Crippen LogP contribution < -0.4 is 16.0 Å². The van der Waals surface area contributed by atoms with Gasteiger partial charge < -0.3 is 49.8 Å². The van der Waals surface area contributed by atoms with E-state index in [-0.39, 0.29) is 75.9 Å². The number of unbranched alkanes of at least 4 members (excludes halogenated alkanes) is 15. The molecule has 0 saturated heterocycles. The number of aliphatic carboxylic acids is 1. The van der Waals surface area contributed by atoms with Gasteiger partial charge in [0.1, 0.15) is 13.2 Å². The van der Waals surface area contributed by atoms with Crippen molar-refractivity contribution in [3.63, 3.8) is 0 Å². The molecule has 0 aliphatic rings. The highest BCUT2D eigenvalue weighted by Gasteiger charge is 2.22. The summed E-state index contributed by atoms with van der Waals surface area (Å²) < 4.78 is 26.1. The van der Waals surface area contributed by atoms with Crippen LogP contribution in [0, 0.1) is 0 Å². The molecule has 3 amide bonds. The zero-order chi connectivity index (χ0) is 39.9. The van der Waals surface area contributed by atoms with Gasteiger partial charge in [0, 0.05) is 39.5 Å². The Bertz CT molecular complexity index is 956. The molecule has 5 N–H and O–H groups in total. The highest BCUT2D eigenvalue weighted by molar-refractivity contribution is 5.78. The van der Waals surface area contributed by atoms with Gasteiger partial charge >= 0.3 is 5.97 Å². The summed E-state index contributed by atoms with van der Waals surface area (Å²) >= 11 is 0. The number of carbonyl (C=O) groups excluding carboxylic acids is 4. The Morgan fingerprint density at radius 2 is 0.944 bits per heavy atom. The average molecular weight is 776 g/mol. The molecule has 0 rings (SSSR count). The first-order chi connectivity index (χ1) is 26.1. The maximum absolute atomic E-state index is 12.5. The minimum Gasteiger partial charge on any atom is -0.481 e. The molecule has 0 saturated carbocycles. The number of nitrogens with one attached hydrogen (secondary N) is 3. The normalized spacial score (nSPS) is 12.3. The SMILES string of the molecule is COC(O)[C@H](CCC(=O)NCCOCCOCC(=O)NCCOCCOCC(C)=O)NC(=O)CCCCCCCCCCCCCCCCCCC(=O)O. The maximum Gasteiger partial charge on any atom is 0.303 e. The van der Waals surface area contributed by atoms with Crippen molar-refractivity contribution in [1.29, 1.82) is 0 Å². The van der Waals surface area contributed by atoms with E-state index in [4.69, 9.17) is 28.8 Å². The Hall–Kier alpha value is -2.69. The number of ether oxygens (including phenoxy) is 5. The number of methoxy groups -OCH3 is 1. The lowest BCUT2D eigenvalue weighted by Crippen LogP contribution is -2.45. The molecule has 54 heavy (non-hydrogen) atoms. The molecular formula is C39H73N3O12. The van der Waals surface area contributed by atoms with E-state index >= 15 is 0 Å². The van der Waals surface area contributed by atoms with Gasteiger partial charge in [-0.3, -0.25) is 24.0 Å². The molecule has 0 radical (unpaired) electrons. The summed E-state index contributed by atoms with van der Waals surface area (Å²) in [7, 11) is 1.35. The smallest absolute Gasteiger partial charge is 0.303 e. The van der Waals surface area contributed by atoms with E-state index in [1.165, 1.54) is 78.2 Å².